The zero-order valence-corrected chi connectivity index (χ0v) is 54.3. The number of amides is 2. The number of carboxylic acid groups (broad SMARTS) is 2. The first-order valence-electron chi connectivity index (χ1n) is 32.7. The molecule has 5 aliphatic heterocycles. The number of benzene rings is 5. The largest absolute Gasteiger partial charge is 1.00 e. The molecule has 10 unspecified atom stereocenters. The van der Waals surface area contributed by atoms with Crippen LogP contribution in [-0.4, -0.2) is 179 Å². The molecule has 0 radical (unpaired) electrons. The molecule has 530 valence electrons. The average Bonchev–Trinajstić information content (AvgIpc) is 1.65. The number of aliphatic hydroxyl groups is 2. The van der Waals surface area contributed by atoms with Crippen molar-refractivity contribution in [2.24, 2.45) is 0 Å². The van der Waals surface area contributed by atoms with Crippen LogP contribution in [0.15, 0.2) is 110 Å². The van der Waals surface area contributed by atoms with Gasteiger partial charge in [0.1, 0.15) is 6.10 Å². The number of carbonyl (C=O) groups excluding carboxylic acids is 3. The molecule has 5 fully saturated rings. The van der Waals surface area contributed by atoms with Crippen LogP contribution in [0.3, 0.4) is 0 Å². The van der Waals surface area contributed by atoms with Gasteiger partial charge in [-0.1, -0.05) is 24.3 Å². The summed E-state index contributed by atoms with van der Waals surface area (Å²) in [4.78, 5) is 90.2. The molecule has 25 nitrogen and oxygen atoms in total. The van der Waals surface area contributed by atoms with E-state index < -0.39 is 81.4 Å². The maximum atomic E-state index is 12.7. The van der Waals surface area contributed by atoms with Gasteiger partial charge < -0.3 is 63.4 Å². The van der Waals surface area contributed by atoms with Gasteiger partial charge >= 0.3 is 41.5 Å². The summed E-state index contributed by atoms with van der Waals surface area (Å²) in [6.45, 7) is 6.67. The Labute approximate surface area is 576 Å². The number of hydrogen-bond donors (Lipinski definition) is 6. The first-order chi connectivity index (χ1) is 47.8. The van der Waals surface area contributed by atoms with Gasteiger partial charge in [-0.05, 0) is 160 Å². The number of nitro groups is 2. The lowest BCUT2D eigenvalue weighted by Crippen LogP contribution is -3.00. The second kappa shape index (κ2) is 28.8. The summed E-state index contributed by atoms with van der Waals surface area (Å²) in [5.74, 6) is -4.23. The lowest BCUT2D eigenvalue weighted by atomic mass is 9.95. The lowest BCUT2D eigenvalue weighted by Gasteiger charge is -2.32. The highest BCUT2D eigenvalue weighted by molar-refractivity contribution is 5.84. The van der Waals surface area contributed by atoms with Crippen molar-refractivity contribution in [2.75, 3.05) is 65.4 Å². The number of likely N-dealkylation sites (tertiary alicyclic amines) is 2. The Morgan fingerprint density at radius 2 is 0.663 bits per heavy atom. The van der Waals surface area contributed by atoms with Crippen LogP contribution in [0, 0.1) is 20.2 Å². The summed E-state index contributed by atoms with van der Waals surface area (Å²) in [6, 6.07) is 23.8. The number of hydrogen-bond acceptors (Lipinski definition) is 20. The summed E-state index contributed by atoms with van der Waals surface area (Å²) in [6.07, 6.45) is 0.946. The number of piperidine rings is 5. The van der Waals surface area contributed by atoms with Crippen molar-refractivity contribution in [2.45, 2.75) is 116 Å². The Bertz CT molecular complexity index is 4210. The molecule has 6 N–H and O–H groups in total. The number of carboxylic acids is 2. The van der Waals surface area contributed by atoms with Crippen LogP contribution in [0.2, 0.25) is 0 Å². The maximum absolute atomic E-state index is 12.7. The van der Waals surface area contributed by atoms with Crippen molar-refractivity contribution < 1.29 is 88.2 Å². The summed E-state index contributed by atoms with van der Waals surface area (Å²) >= 11 is 0. The van der Waals surface area contributed by atoms with Crippen molar-refractivity contribution in [3.05, 3.63) is 186 Å². The summed E-state index contributed by atoms with van der Waals surface area (Å²) in [5.41, 5.74) is 16.3. The van der Waals surface area contributed by atoms with Crippen LogP contribution in [0.5, 0.6) is 0 Å². The number of rotatable bonds is 5. The Balaban J connectivity index is 0.000000117. The summed E-state index contributed by atoms with van der Waals surface area (Å²) < 4.78 is 75.8. The second-order valence-electron chi connectivity index (χ2n) is 26.8. The smallest absolute Gasteiger partial charge is 0.471 e. The molecule has 32 heteroatoms. The molecule has 3 aromatic heterocycles. The minimum Gasteiger partial charge on any atom is -1.00 e. The van der Waals surface area contributed by atoms with E-state index in [1.54, 1.807) is 48.3 Å². The highest BCUT2D eigenvalue weighted by Crippen LogP contribution is 2.52. The van der Waals surface area contributed by atoms with E-state index in [0.29, 0.717) is 46.1 Å². The van der Waals surface area contributed by atoms with E-state index in [1.807, 2.05) is 12.1 Å². The fraction of sp³-hybridized carbons (Fsp3) is 0.420. The molecule has 18 rings (SSSR count). The number of fused-ring (bicyclic) bond motifs is 28. The predicted octanol–water partition coefficient (Wildman–Crippen LogP) is 4.10. The van der Waals surface area contributed by atoms with Gasteiger partial charge in [0.15, 0.2) is 6.10 Å². The minimum absolute atomic E-state index is 0. The van der Waals surface area contributed by atoms with Gasteiger partial charge in [0.2, 0.25) is 0 Å². The minimum atomic E-state index is -5.00. The number of carbonyl (C=O) groups is 4. The first kappa shape index (κ1) is 71.3. The monoisotopic (exact) mass is 1420 g/mol. The van der Waals surface area contributed by atoms with E-state index in [-0.39, 0.29) is 50.4 Å². The SMILES string of the molecule is O=C(N1CC2CC(C1)c1cc([N+](=O)[O-])c([N+](=O)[O-])cc12)C(F)(F)F.O=C(N1CC2CC(C1)c1cc3nccnc3cc12)C(F)(F)F.O=C([O-])[C@@H](O)[C@H](O)C(=O)O.[Cl-].c1ccc2c(c1)C1CNCC2C1.c1cnc2cc3c(cc2n1)C1CNCC3C1.c1cnc2cc3c(cc2n1)C1CNCC3C1. The third kappa shape index (κ3) is 14.6. The number of alkyl halides is 6. The summed E-state index contributed by atoms with van der Waals surface area (Å²) in [5, 5.41) is 66.7. The van der Waals surface area contributed by atoms with Crippen molar-refractivity contribution in [1.29, 1.82) is 0 Å². The molecular weight excluding hydrogens is 1350 g/mol. The zero-order chi connectivity index (χ0) is 70.6. The van der Waals surface area contributed by atoms with Crippen LogP contribution < -0.4 is 33.5 Å². The molecule has 0 saturated carbocycles. The molecule has 0 spiro atoms. The third-order valence-corrected chi connectivity index (χ3v) is 20.8. The van der Waals surface area contributed by atoms with Crippen LogP contribution in [0.4, 0.5) is 37.7 Å². The number of nitrogens with zero attached hydrogens (tertiary/aromatic N) is 10. The number of aliphatic hydroxyl groups excluding tert-OH is 2. The van der Waals surface area contributed by atoms with Gasteiger partial charge in [-0.15, -0.1) is 0 Å². The number of aliphatic carboxylic acids is 2. The van der Waals surface area contributed by atoms with E-state index >= 15 is 0 Å². The first-order valence-corrected chi connectivity index (χ1v) is 32.7. The van der Waals surface area contributed by atoms with Gasteiger partial charge in [-0.3, -0.25) is 59.7 Å². The van der Waals surface area contributed by atoms with E-state index in [1.165, 1.54) is 54.6 Å². The Morgan fingerprint density at radius 1 is 0.426 bits per heavy atom. The number of nitrogens with one attached hydrogen (secondary N) is 3. The van der Waals surface area contributed by atoms with Gasteiger partial charge in [-0.2, -0.15) is 26.3 Å². The molecular formula is C69H66ClF6N13O12-2. The van der Waals surface area contributed by atoms with Crippen molar-refractivity contribution in [1.82, 2.24) is 55.7 Å². The molecule has 101 heavy (non-hydrogen) atoms. The number of aromatic nitrogens is 6. The van der Waals surface area contributed by atoms with Gasteiger partial charge in [0.05, 0.1) is 48.9 Å². The number of halogens is 7. The quantitative estimate of drug-likeness (QED) is 0.0802. The predicted molar refractivity (Wildman–Crippen MR) is 344 cm³/mol. The van der Waals surface area contributed by atoms with Gasteiger partial charge in [0.25, 0.3) is 0 Å². The molecule has 8 aromatic rings. The van der Waals surface area contributed by atoms with E-state index in [4.69, 9.17) is 15.3 Å². The van der Waals surface area contributed by atoms with Crippen LogP contribution in [0.25, 0.3) is 33.1 Å². The highest BCUT2D eigenvalue weighted by atomic mass is 35.5. The van der Waals surface area contributed by atoms with Crippen LogP contribution in [0.1, 0.15) is 147 Å². The molecule has 5 saturated heterocycles. The number of nitro benzene ring substituents is 2. The van der Waals surface area contributed by atoms with Crippen LogP contribution >= 0.6 is 0 Å². The van der Waals surface area contributed by atoms with Crippen molar-refractivity contribution >= 4 is 68.2 Å². The third-order valence-electron chi connectivity index (χ3n) is 20.8. The molecule has 2 amide bonds. The van der Waals surface area contributed by atoms with E-state index in [2.05, 4.69) is 94.4 Å². The standard InChI is InChI=1S/C15H12F3N3O.C13H10F3N3O5.2C13H13N3.C11H13N.C4H6O6.ClH/c16-15(17,18)14(22)21-6-8-3-9(7-21)11-5-13-12(4-10(8)11)19-1-2-20-13;14-13(15,16)12(20)17-4-6-1-7(5-17)9-3-11(19(23)24)10(18(21)22)2-8(6)9;2*1-2-16-13-5-11-9-3-8(6-14-7-9)10(11)4-12(13)15-1;1-2-4-11-9-5-8(6-12-7-9)10(11)3-1;5-1(3(7)8)2(6)4(9)10;/h1-2,4-5,8-9H,3,6-7H2;2-3,6-7H,1,4-5H2;2*1-2,4-5,8-9,14H,3,6-7H2;1-4,8-9,12H,5-7H2;1-2,5-6H,(H,7,8)(H,9,10);1H/p-2/t;;;;;1-,2-;/m.....0./s1. The Morgan fingerprint density at radius 3 is 0.891 bits per heavy atom. The molecule has 10 aliphatic rings. The zero-order valence-electron chi connectivity index (χ0n) is 53.6. The molecule has 5 aromatic carbocycles. The Kier molecular flexibility index (Phi) is 20.4. The fourth-order valence-electron chi connectivity index (χ4n) is 16.4. The van der Waals surface area contributed by atoms with Crippen molar-refractivity contribution in [3.63, 3.8) is 0 Å². The fourth-order valence-corrected chi connectivity index (χ4v) is 16.4. The normalized spacial score (nSPS) is 24.3. The lowest BCUT2D eigenvalue weighted by molar-refractivity contribution is -0.422. The topological polar surface area (TPSA) is 358 Å². The highest BCUT2D eigenvalue weighted by Gasteiger charge is 2.50. The van der Waals surface area contributed by atoms with E-state index in [0.717, 1.165) is 106 Å². The maximum Gasteiger partial charge on any atom is 0.471 e. The second-order valence-corrected chi connectivity index (χ2v) is 26.8. The molecule has 10 bridgehead atoms. The average molecular weight is 1420 g/mol. The van der Waals surface area contributed by atoms with E-state index in [9.17, 15) is 70.9 Å². The molecule has 5 aliphatic carbocycles. The van der Waals surface area contributed by atoms with Crippen molar-refractivity contribution in [3.8, 4) is 0 Å². The van der Waals surface area contributed by atoms with Gasteiger partial charge in [-0.25, -0.2) is 4.79 Å². The summed E-state index contributed by atoms with van der Waals surface area (Å²) in [7, 11) is 0. The Hall–Kier alpha value is -9.53. The van der Waals surface area contributed by atoms with Gasteiger partial charge in [0, 0.05) is 138 Å². The van der Waals surface area contributed by atoms with Crippen LogP contribution in [-0.2, 0) is 19.2 Å². The molecule has 12 atom stereocenters. The molecule has 8 heterocycles.